The van der Waals surface area contributed by atoms with Gasteiger partial charge in [0.1, 0.15) is 6.04 Å². The van der Waals surface area contributed by atoms with Gasteiger partial charge in [0.2, 0.25) is 17.7 Å². The van der Waals surface area contributed by atoms with Crippen molar-refractivity contribution in [2.45, 2.75) is 55.7 Å². The topological polar surface area (TPSA) is 98.7 Å². The molecule has 2 bridgehead atoms. The predicted molar refractivity (Wildman–Crippen MR) is 120 cm³/mol. The van der Waals surface area contributed by atoms with Crippen LogP contribution < -0.4 is 10.6 Å². The first-order valence-electron chi connectivity index (χ1n) is 11.1. The van der Waals surface area contributed by atoms with Crippen LogP contribution in [-0.2, 0) is 14.4 Å². The Morgan fingerprint density at radius 2 is 1.97 bits per heavy atom. The SMILES string of the molecule is CC(C)NC(=O)C1N(CCCO)C(=O)[C@@H]2[C@@H](C(=O)Nc3ccccc3)[C@H]3CC(C)C12S3. The largest absolute Gasteiger partial charge is 0.396 e. The second-order valence-electron chi connectivity index (χ2n) is 9.18. The monoisotopic (exact) mass is 445 g/mol. The van der Waals surface area contributed by atoms with Crippen molar-refractivity contribution >= 4 is 35.2 Å². The molecular weight excluding hydrogens is 414 g/mol. The molecule has 3 aliphatic heterocycles. The van der Waals surface area contributed by atoms with E-state index < -0.39 is 22.6 Å². The third kappa shape index (κ3) is 3.53. The number of fused-ring (bicyclic) bond motifs is 1. The summed E-state index contributed by atoms with van der Waals surface area (Å²) in [5, 5.41) is 15.4. The predicted octanol–water partition coefficient (Wildman–Crippen LogP) is 1.87. The zero-order valence-electron chi connectivity index (χ0n) is 18.2. The van der Waals surface area contributed by atoms with Gasteiger partial charge in [-0.15, -0.1) is 11.8 Å². The molecule has 3 unspecified atom stereocenters. The fourth-order valence-corrected chi connectivity index (χ4v) is 8.13. The number of likely N-dealkylation sites (tertiary alicyclic amines) is 1. The molecule has 4 rings (SSSR count). The molecule has 3 aliphatic rings. The molecule has 3 amide bonds. The molecule has 1 aromatic carbocycles. The molecule has 7 nitrogen and oxygen atoms in total. The van der Waals surface area contributed by atoms with E-state index in [1.165, 1.54) is 0 Å². The lowest BCUT2D eigenvalue weighted by Gasteiger charge is -2.39. The van der Waals surface area contributed by atoms with Gasteiger partial charge in [-0.25, -0.2) is 0 Å². The van der Waals surface area contributed by atoms with Crippen molar-refractivity contribution in [3.8, 4) is 0 Å². The quantitative estimate of drug-likeness (QED) is 0.595. The Hall–Kier alpha value is -2.06. The van der Waals surface area contributed by atoms with Crippen molar-refractivity contribution in [1.82, 2.24) is 10.2 Å². The molecule has 1 aromatic rings. The Morgan fingerprint density at radius 3 is 2.61 bits per heavy atom. The van der Waals surface area contributed by atoms with Crippen molar-refractivity contribution in [3.63, 3.8) is 0 Å². The molecule has 168 valence electrons. The Labute approximate surface area is 187 Å². The fraction of sp³-hybridized carbons (Fsp3) is 0.609. The summed E-state index contributed by atoms with van der Waals surface area (Å²) >= 11 is 1.66. The average molecular weight is 446 g/mol. The molecule has 0 saturated carbocycles. The van der Waals surface area contributed by atoms with Gasteiger partial charge in [0.15, 0.2) is 0 Å². The van der Waals surface area contributed by atoms with E-state index >= 15 is 0 Å². The average Bonchev–Trinajstić information content (AvgIpc) is 3.30. The minimum Gasteiger partial charge on any atom is -0.396 e. The number of benzene rings is 1. The fourth-order valence-electron chi connectivity index (χ4n) is 5.71. The minimum atomic E-state index is -0.626. The van der Waals surface area contributed by atoms with Gasteiger partial charge in [-0.05, 0) is 44.7 Å². The molecule has 0 aromatic heterocycles. The summed E-state index contributed by atoms with van der Waals surface area (Å²) in [6.07, 6.45) is 1.21. The number of carbonyl (C=O) groups is 3. The summed E-state index contributed by atoms with van der Waals surface area (Å²) in [7, 11) is 0. The first kappa shape index (κ1) is 22.1. The number of aliphatic hydroxyl groups is 1. The Balaban J connectivity index is 1.69. The molecule has 1 spiro atoms. The van der Waals surface area contributed by atoms with E-state index in [4.69, 9.17) is 0 Å². The van der Waals surface area contributed by atoms with Gasteiger partial charge in [0.05, 0.1) is 16.6 Å². The molecular formula is C23H31N3O4S. The number of rotatable bonds is 7. The van der Waals surface area contributed by atoms with Crippen LogP contribution in [0.25, 0.3) is 0 Å². The molecule has 3 saturated heterocycles. The van der Waals surface area contributed by atoms with Crippen molar-refractivity contribution < 1.29 is 19.5 Å². The minimum absolute atomic E-state index is 0.0157. The van der Waals surface area contributed by atoms with E-state index in [9.17, 15) is 19.5 Å². The van der Waals surface area contributed by atoms with Crippen molar-refractivity contribution in [3.05, 3.63) is 30.3 Å². The maximum absolute atomic E-state index is 13.7. The molecule has 3 N–H and O–H groups in total. The van der Waals surface area contributed by atoms with Crippen LogP contribution in [0.3, 0.4) is 0 Å². The summed E-state index contributed by atoms with van der Waals surface area (Å²) in [5.41, 5.74) is 0.707. The Bertz CT molecular complexity index is 864. The first-order chi connectivity index (χ1) is 14.8. The van der Waals surface area contributed by atoms with Gasteiger partial charge in [0.25, 0.3) is 0 Å². The maximum atomic E-state index is 13.7. The van der Waals surface area contributed by atoms with Crippen LogP contribution in [-0.4, -0.2) is 63.0 Å². The van der Waals surface area contributed by atoms with Crippen LogP contribution in [0.1, 0.15) is 33.6 Å². The summed E-state index contributed by atoms with van der Waals surface area (Å²) < 4.78 is -0.616. The number of para-hydroxylation sites is 1. The number of anilines is 1. The number of nitrogens with zero attached hydrogens (tertiary/aromatic N) is 1. The molecule has 0 aliphatic carbocycles. The number of amides is 3. The van der Waals surface area contributed by atoms with Gasteiger partial charge >= 0.3 is 0 Å². The zero-order valence-corrected chi connectivity index (χ0v) is 19.0. The highest BCUT2D eigenvalue weighted by atomic mass is 32.2. The standard InChI is InChI=1S/C23H31N3O4S/c1-13(2)24-21(29)19-23-14(3)12-16(31-23)17(18(23)22(30)26(19)10-7-11-27)20(28)25-15-8-5-4-6-9-15/h4-6,8-9,13-14,16-19,27H,7,10-12H2,1-3H3,(H,24,29)(H,25,28)/t14?,16-,17+,18+,19?,23?/m1/s1. The molecule has 31 heavy (non-hydrogen) atoms. The van der Waals surface area contributed by atoms with Crippen LogP contribution >= 0.6 is 11.8 Å². The van der Waals surface area contributed by atoms with Crippen LogP contribution in [0.4, 0.5) is 5.69 Å². The van der Waals surface area contributed by atoms with E-state index in [1.807, 2.05) is 44.2 Å². The highest BCUT2D eigenvalue weighted by molar-refractivity contribution is 8.02. The number of hydrogen-bond donors (Lipinski definition) is 3. The number of nitrogens with one attached hydrogen (secondary N) is 2. The molecule has 3 fully saturated rings. The summed E-state index contributed by atoms with van der Waals surface area (Å²) in [4.78, 5) is 42.0. The highest BCUT2D eigenvalue weighted by Gasteiger charge is 2.75. The van der Waals surface area contributed by atoms with Gasteiger partial charge in [-0.2, -0.15) is 0 Å². The van der Waals surface area contributed by atoms with Crippen molar-refractivity contribution in [2.24, 2.45) is 17.8 Å². The van der Waals surface area contributed by atoms with Crippen LogP contribution in [0.5, 0.6) is 0 Å². The summed E-state index contributed by atoms with van der Waals surface area (Å²) in [5.74, 6) is -1.30. The number of thioether (sulfide) groups is 1. The smallest absolute Gasteiger partial charge is 0.244 e. The third-order valence-electron chi connectivity index (χ3n) is 6.83. The number of carbonyl (C=O) groups excluding carboxylic acids is 3. The summed E-state index contributed by atoms with van der Waals surface area (Å²) in [6.45, 7) is 6.17. The van der Waals surface area contributed by atoms with Gasteiger partial charge in [-0.3, -0.25) is 14.4 Å². The van der Waals surface area contributed by atoms with E-state index in [0.29, 0.717) is 18.7 Å². The lowest BCUT2D eigenvalue weighted by molar-refractivity contribution is -0.139. The van der Waals surface area contributed by atoms with Crippen LogP contribution in [0.15, 0.2) is 30.3 Å². The second kappa shape index (κ2) is 8.47. The Morgan fingerprint density at radius 1 is 1.26 bits per heavy atom. The molecule has 8 heteroatoms. The number of aliphatic hydroxyl groups excluding tert-OH is 1. The first-order valence-corrected chi connectivity index (χ1v) is 11.9. The molecule has 0 radical (unpaired) electrons. The zero-order chi connectivity index (χ0) is 22.3. The summed E-state index contributed by atoms with van der Waals surface area (Å²) in [6, 6.07) is 8.60. The van der Waals surface area contributed by atoms with Crippen molar-refractivity contribution in [2.75, 3.05) is 18.5 Å². The molecule has 3 heterocycles. The van der Waals surface area contributed by atoms with E-state index in [0.717, 1.165) is 6.42 Å². The van der Waals surface area contributed by atoms with Gasteiger partial charge in [0, 0.05) is 30.1 Å². The second-order valence-corrected chi connectivity index (χ2v) is 10.7. The van der Waals surface area contributed by atoms with E-state index in [2.05, 4.69) is 17.6 Å². The van der Waals surface area contributed by atoms with Crippen LogP contribution in [0, 0.1) is 17.8 Å². The van der Waals surface area contributed by atoms with Gasteiger partial charge < -0.3 is 20.6 Å². The lowest BCUT2D eigenvalue weighted by atomic mass is 9.66. The van der Waals surface area contributed by atoms with Crippen molar-refractivity contribution in [1.29, 1.82) is 0 Å². The third-order valence-corrected chi connectivity index (χ3v) is 8.90. The lowest BCUT2D eigenvalue weighted by Crippen LogP contribution is -2.57. The number of hydrogen-bond acceptors (Lipinski definition) is 5. The van der Waals surface area contributed by atoms with E-state index in [-0.39, 0.29) is 41.5 Å². The molecule has 6 atom stereocenters. The Kier molecular flexibility index (Phi) is 6.05. The van der Waals surface area contributed by atoms with Gasteiger partial charge in [-0.1, -0.05) is 25.1 Å². The van der Waals surface area contributed by atoms with E-state index in [1.54, 1.807) is 16.7 Å². The normalized spacial score (nSPS) is 33.6. The van der Waals surface area contributed by atoms with Crippen LogP contribution in [0.2, 0.25) is 0 Å². The highest BCUT2D eigenvalue weighted by Crippen LogP contribution is 2.68. The maximum Gasteiger partial charge on any atom is 0.244 e.